The first-order valence-corrected chi connectivity index (χ1v) is 9.21. The van der Waals surface area contributed by atoms with Gasteiger partial charge in [0.25, 0.3) is 0 Å². The highest BCUT2D eigenvalue weighted by molar-refractivity contribution is 6.30. The zero-order chi connectivity index (χ0) is 16.8. The molecule has 0 aliphatic carbocycles. The van der Waals surface area contributed by atoms with Crippen LogP contribution >= 0.6 is 11.6 Å². The van der Waals surface area contributed by atoms with E-state index in [4.69, 9.17) is 11.6 Å². The molecule has 0 radical (unpaired) electrons. The van der Waals surface area contributed by atoms with Crippen LogP contribution in [0, 0.1) is 0 Å². The molecule has 5 heteroatoms. The van der Waals surface area contributed by atoms with Crippen LogP contribution in [-0.2, 0) is 6.42 Å². The molecule has 1 fully saturated rings. The number of nitrogens with one attached hydrogen (secondary N) is 1. The van der Waals surface area contributed by atoms with Gasteiger partial charge in [0.1, 0.15) is 18.0 Å². The fourth-order valence-electron chi connectivity index (χ4n) is 3.31. The minimum Gasteiger partial charge on any atom is -0.370 e. The van der Waals surface area contributed by atoms with Gasteiger partial charge in [-0.25, -0.2) is 9.97 Å². The summed E-state index contributed by atoms with van der Waals surface area (Å²) in [6.07, 6.45) is 7.62. The lowest BCUT2D eigenvalue weighted by Crippen LogP contribution is -2.39. The van der Waals surface area contributed by atoms with Gasteiger partial charge in [-0.15, -0.1) is 0 Å². The number of anilines is 2. The molecule has 4 nitrogen and oxygen atoms in total. The van der Waals surface area contributed by atoms with E-state index in [1.807, 2.05) is 12.1 Å². The summed E-state index contributed by atoms with van der Waals surface area (Å²) >= 11 is 5.92. The molecule has 128 valence electrons. The Morgan fingerprint density at radius 1 is 1.21 bits per heavy atom. The smallest absolute Gasteiger partial charge is 0.134 e. The minimum atomic E-state index is 0.607. The predicted molar refractivity (Wildman–Crippen MR) is 101 cm³/mol. The van der Waals surface area contributed by atoms with E-state index in [1.54, 1.807) is 6.33 Å². The standard InChI is InChI=1S/C19H25ClN4/c1-2-17-5-3-4-12-24(17)19-13-18(22-14-23-19)21-11-10-15-6-8-16(20)9-7-15/h6-9,13-14,17H,2-5,10-12H2,1H3,(H,21,22,23). The molecule has 24 heavy (non-hydrogen) atoms. The molecular weight excluding hydrogens is 320 g/mol. The average molecular weight is 345 g/mol. The molecule has 1 aliphatic rings. The van der Waals surface area contributed by atoms with Crippen molar-refractivity contribution in [3.05, 3.63) is 47.2 Å². The molecule has 1 N–H and O–H groups in total. The lowest BCUT2D eigenvalue weighted by molar-refractivity contribution is 0.446. The third kappa shape index (κ3) is 4.38. The van der Waals surface area contributed by atoms with E-state index in [-0.39, 0.29) is 0 Å². The first kappa shape index (κ1) is 17.0. The Morgan fingerprint density at radius 2 is 2.04 bits per heavy atom. The highest BCUT2D eigenvalue weighted by Crippen LogP contribution is 2.25. The molecule has 1 aromatic heterocycles. The lowest BCUT2D eigenvalue weighted by Gasteiger charge is -2.36. The summed E-state index contributed by atoms with van der Waals surface area (Å²) < 4.78 is 0. The quantitative estimate of drug-likeness (QED) is 0.834. The molecule has 0 saturated carbocycles. The van der Waals surface area contributed by atoms with Gasteiger partial charge in [0.15, 0.2) is 0 Å². The monoisotopic (exact) mass is 344 g/mol. The summed E-state index contributed by atoms with van der Waals surface area (Å²) in [5, 5.41) is 4.19. The Bertz CT molecular complexity index is 644. The van der Waals surface area contributed by atoms with Gasteiger partial charge in [-0.2, -0.15) is 0 Å². The van der Waals surface area contributed by atoms with Crippen LogP contribution < -0.4 is 10.2 Å². The number of halogens is 1. The number of nitrogens with zero attached hydrogens (tertiary/aromatic N) is 3. The molecule has 1 aliphatic heterocycles. The van der Waals surface area contributed by atoms with E-state index in [0.717, 1.165) is 36.2 Å². The molecule has 1 atom stereocenters. The molecule has 0 spiro atoms. The Balaban J connectivity index is 1.59. The molecule has 0 bridgehead atoms. The maximum atomic E-state index is 5.92. The van der Waals surface area contributed by atoms with Crippen LogP contribution in [0.1, 0.15) is 38.2 Å². The second-order valence-electron chi connectivity index (χ2n) is 6.32. The van der Waals surface area contributed by atoms with Crippen LogP contribution in [0.25, 0.3) is 0 Å². The Morgan fingerprint density at radius 3 is 2.83 bits per heavy atom. The minimum absolute atomic E-state index is 0.607. The number of hydrogen-bond acceptors (Lipinski definition) is 4. The molecule has 1 unspecified atom stereocenters. The van der Waals surface area contributed by atoms with E-state index in [1.165, 1.54) is 31.2 Å². The van der Waals surface area contributed by atoms with Crippen molar-refractivity contribution in [1.29, 1.82) is 0 Å². The van der Waals surface area contributed by atoms with Crippen molar-refractivity contribution < 1.29 is 0 Å². The number of hydrogen-bond donors (Lipinski definition) is 1. The summed E-state index contributed by atoms with van der Waals surface area (Å²) in [7, 11) is 0. The Kier molecular flexibility index (Phi) is 5.91. The lowest BCUT2D eigenvalue weighted by atomic mass is 10.0. The van der Waals surface area contributed by atoms with Gasteiger partial charge < -0.3 is 10.2 Å². The van der Waals surface area contributed by atoms with Crippen LogP contribution in [0.5, 0.6) is 0 Å². The molecule has 3 rings (SSSR count). The summed E-state index contributed by atoms with van der Waals surface area (Å²) in [5.41, 5.74) is 1.27. The maximum Gasteiger partial charge on any atom is 0.134 e. The van der Waals surface area contributed by atoms with Crippen molar-refractivity contribution >= 4 is 23.2 Å². The van der Waals surface area contributed by atoms with E-state index >= 15 is 0 Å². The highest BCUT2D eigenvalue weighted by atomic mass is 35.5. The molecule has 2 heterocycles. The van der Waals surface area contributed by atoms with E-state index in [0.29, 0.717) is 6.04 Å². The predicted octanol–water partition coefficient (Wildman–Crippen LogP) is 4.55. The van der Waals surface area contributed by atoms with E-state index in [9.17, 15) is 0 Å². The summed E-state index contributed by atoms with van der Waals surface area (Å²) in [5.74, 6) is 1.94. The van der Waals surface area contributed by atoms with Crippen LogP contribution in [-0.4, -0.2) is 29.1 Å². The number of benzene rings is 1. The molecule has 1 aromatic carbocycles. The van der Waals surface area contributed by atoms with Gasteiger partial charge in [0.05, 0.1) is 0 Å². The Hall–Kier alpha value is -1.81. The SMILES string of the molecule is CCC1CCCCN1c1cc(NCCc2ccc(Cl)cc2)ncn1. The van der Waals surface area contributed by atoms with E-state index < -0.39 is 0 Å². The van der Waals surface area contributed by atoms with Crippen LogP contribution in [0.3, 0.4) is 0 Å². The van der Waals surface area contributed by atoms with Crippen molar-refractivity contribution in [1.82, 2.24) is 9.97 Å². The van der Waals surface area contributed by atoms with Crippen molar-refractivity contribution in [2.24, 2.45) is 0 Å². The van der Waals surface area contributed by atoms with Crippen molar-refractivity contribution in [2.45, 2.75) is 45.1 Å². The third-order valence-electron chi connectivity index (χ3n) is 4.68. The fraction of sp³-hybridized carbons (Fsp3) is 0.474. The average Bonchev–Trinajstić information content (AvgIpc) is 2.63. The molecule has 1 saturated heterocycles. The number of aromatic nitrogens is 2. The summed E-state index contributed by atoms with van der Waals surface area (Å²) in [6.45, 7) is 4.20. The normalized spacial score (nSPS) is 17.8. The van der Waals surface area contributed by atoms with Crippen molar-refractivity contribution in [3.63, 3.8) is 0 Å². The van der Waals surface area contributed by atoms with Crippen molar-refractivity contribution in [3.8, 4) is 0 Å². The van der Waals surface area contributed by atoms with Gasteiger partial charge >= 0.3 is 0 Å². The number of piperidine rings is 1. The van der Waals surface area contributed by atoms with Crippen LogP contribution in [0.15, 0.2) is 36.7 Å². The van der Waals surface area contributed by atoms with E-state index in [2.05, 4.69) is 45.3 Å². The summed E-state index contributed by atoms with van der Waals surface area (Å²) in [4.78, 5) is 11.3. The zero-order valence-corrected chi connectivity index (χ0v) is 15.0. The van der Waals surface area contributed by atoms with Crippen molar-refractivity contribution in [2.75, 3.05) is 23.3 Å². The molecule has 0 amide bonds. The zero-order valence-electron chi connectivity index (χ0n) is 14.2. The molecular formula is C19H25ClN4. The first-order chi connectivity index (χ1) is 11.8. The highest BCUT2D eigenvalue weighted by Gasteiger charge is 2.22. The van der Waals surface area contributed by atoms with Crippen LogP contribution in [0.4, 0.5) is 11.6 Å². The third-order valence-corrected chi connectivity index (χ3v) is 4.93. The van der Waals surface area contributed by atoms with Gasteiger partial charge in [-0.05, 0) is 49.8 Å². The maximum absolute atomic E-state index is 5.92. The van der Waals surface area contributed by atoms with Gasteiger partial charge in [0, 0.05) is 30.2 Å². The second-order valence-corrected chi connectivity index (χ2v) is 6.75. The summed E-state index contributed by atoms with van der Waals surface area (Å²) in [6, 6.07) is 10.7. The van der Waals surface area contributed by atoms with Crippen LogP contribution in [0.2, 0.25) is 5.02 Å². The largest absolute Gasteiger partial charge is 0.370 e. The second kappa shape index (κ2) is 8.34. The first-order valence-electron chi connectivity index (χ1n) is 8.83. The van der Waals surface area contributed by atoms with Gasteiger partial charge in [-0.1, -0.05) is 30.7 Å². The molecule has 2 aromatic rings. The Labute approximate surface area is 149 Å². The fourth-order valence-corrected chi connectivity index (χ4v) is 3.44. The topological polar surface area (TPSA) is 41.0 Å². The van der Waals surface area contributed by atoms with Gasteiger partial charge in [0.2, 0.25) is 0 Å². The van der Waals surface area contributed by atoms with Gasteiger partial charge in [-0.3, -0.25) is 0 Å². The number of rotatable bonds is 6.